The highest BCUT2D eigenvalue weighted by Gasteiger charge is 2.20. The summed E-state index contributed by atoms with van der Waals surface area (Å²) in [5.74, 6) is 1.29. The number of rotatable bonds is 5. The van der Waals surface area contributed by atoms with Crippen LogP contribution in [-0.4, -0.2) is 17.5 Å². The summed E-state index contributed by atoms with van der Waals surface area (Å²) in [4.78, 5) is 16.4. The molecule has 0 unspecified atom stereocenters. The number of ether oxygens (including phenoxy) is 1. The van der Waals surface area contributed by atoms with Gasteiger partial charge in [-0.15, -0.1) is 0 Å². The Bertz CT molecular complexity index is 974. The van der Waals surface area contributed by atoms with Gasteiger partial charge in [0.25, 0.3) is 5.91 Å². The second kappa shape index (κ2) is 7.47. The summed E-state index contributed by atoms with van der Waals surface area (Å²) in [5, 5.41) is 4.19. The summed E-state index contributed by atoms with van der Waals surface area (Å²) in [6.45, 7) is 4.99. The lowest BCUT2D eigenvalue weighted by molar-refractivity contribution is 0.102. The Morgan fingerprint density at radius 2 is 2.11 bits per heavy atom. The van der Waals surface area contributed by atoms with E-state index in [0.717, 1.165) is 24.8 Å². The summed E-state index contributed by atoms with van der Waals surface area (Å²) in [5.41, 5.74) is 5.22. The fourth-order valence-electron chi connectivity index (χ4n) is 3.83. The first-order valence-corrected chi connectivity index (χ1v) is 9.82. The molecule has 2 N–H and O–H groups in total. The Labute approximate surface area is 159 Å². The van der Waals surface area contributed by atoms with Crippen molar-refractivity contribution < 1.29 is 9.53 Å². The monoisotopic (exact) mass is 362 g/mol. The van der Waals surface area contributed by atoms with Gasteiger partial charge in [-0.25, -0.2) is 0 Å². The molecule has 3 aromatic rings. The summed E-state index contributed by atoms with van der Waals surface area (Å²) in [7, 11) is 0. The van der Waals surface area contributed by atoms with Crippen LogP contribution in [-0.2, 0) is 12.8 Å². The van der Waals surface area contributed by atoms with Gasteiger partial charge in [-0.1, -0.05) is 26.0 Å². The number of nitrogens with one attached hydrogen (secondary N) is 2. The van der Waals surface area contributed by atoms with E-state index in [0.29, 0.717) is 29.5 Å². The number of benzene rings is 2. The van der Waals surface area contributed by atoms with Crippen molar-refractivity contribution in [2.75, 3.05) is 11.9 Å². The Balaban J connectivity index is 1.61. The topological polar surface area (TPSA) is 54.1 Å². The lowest BCUT2D eigenvalue weighted by Crippen LogP contribution is -2.13. The molecule has 0 saturated heterocycles. The third kappa shape index (κ3) is 3.57. The molecule has 140 valence electrons. The average Bonchev–Trinajstić information content (AvgIpc) is 3.04. The Kier molecular flexibility index (Phi) is 4.88. The van der Waals surface area contributed by atoms with Gasteiger partial charge >= 0.3 is 0 Å². The normalized spacial score (nSPS) is 16.1. The van der Waals surface area contributed by atoms with Crippen molar-refractivity contribution >= 4 is 22.5 Å². The van der Waals surface area contributed by atoms with E-state index in [1.807, 2.05) is 42.5 Å². The van der Waals surface area contributed by atoms with Crippen LogP contribution >= 0.6 is 0 Å². The molecule has 1 amide bonds. The van der Waals surface area contributed by atoms with Crippen molar-refractivity contribution in [3.05, 3.63) is 59.3 Å². The van der Waals surface area contributed by atoms with Gasteiger partial charge in [0.1, 0.15) is 5.75 Å². The van der Waals surface area contributed by atoms with Crippen LogP contribution in [0.5, 0.6) is 5.75 Å². The van der Waals surface area contributed by atoms with E-state index in [2.05, 4.69) is 24.1 Å². The number of amides is 1. The van der Waals surface area contributed by atoms with Crippen LogP contribution in [0.1, 0.15) is 48.3 Å². The molecule has 1 heterocycles. The van der Waals surface area contributed by atoms with Crippen LogP contribution in [0.3, 0.4) is 0 Å². The lowest BCUT2D eigenvalue weighted by atomic mass is 9.87. The van der Waals surface area contributed by atoms with Crippen molar-refractivity contribution in [3.63, 3.8) is 0 Å². The largest absolute Gasteiger partial charge is 0.491 e. The van der Waals surface area contributed by atoms with E-state index in [1.54, 1.807) is 0 Å². The average molecular weight is 362 g/mol. The number of hydrogen-bond donors (Lipinski definition) is 2. The van der Waals surface area contributed by atoms with Gasteiger partial charge in [-0.05, 0) is 67.5 Å². The molecule has 0 spiro atoms. The maximum absolute atomic E-state index is 12.9. The van der Waals surface area contributed by atoms with E-state index in [4.69, 9.17) is 4.74 Å². The predicted octanol–water partition coefficient (Wildman–Crippen LogP) is 5.33. The first kappa shape index (κ1) is 17.7. The molecule has 4 rings (SSSR count). The molecule has 0 fully saturated rings. The van der Waals surface area contributed by atoms with Gasteiger partial charge in [-0.3, -0.25) is 4.79 Å². The van der Waals surface area contributed by atoms with Gasteiger partial charge in [0.15, 0.2) is 0 Å². The molecule has 4 heteroatoms. The highest BCUT2D eigenvalue weighted by molar-refractivity contribution is 6.07. The highest BCUT2D eigenvalue weighted by atomic mass is 16.5. The van der Waals surface area contributed by atoms with Crippen molar-refractivity contribution in [1.82, 2.24) is 4.98 Å². The fourth-order valence-corrected chi connectivity index (χ4v) is 3.83. The number of carbonyl (C=O) groups excluding carboxylic acids is 1. The quantitative estimate of drug-likeness (QED) is 0.644. The zero-order chi connectivity index (χ0) is 18.8. The van der Waals surface area contributed by atoms with Crippen LogP contribution < -0.4 is 10.1 Å². The van der Waals surface area contributed by atoms with Gasteiger partial charge in [0, 0.05) is 22.2 Å². The summed E-state index contributed by atoms with van der Waals surface area (Å²) < 4.78 is 5.75. The minimum atomic E-state index is -0.108. The molecule has 1 aliphatic rings. The van der Waals surface area contributed by atoms with Gasteiger partial charge < -0.3 is 15.0 Å². The molecule has 27 heavy (non-hydrogen) atoms. The molecule has 0 bridgehead atoms. The first-order chi connectivity index (χ1) is 13.2. The molecule has 0 saturated carbocycles. The standard InChI is InChI=1S/C23H26N2O2/c1-3-12-27-22-7-5-4-6-21(22)25-23(26)16-9-11-20-18(14-16)17-13-15(2)8-10-19(17)24-20/h4-7,9,11,14-15,24H,3,8,10,12-13H2,1-2H3,(H,25,26)/t15-/m0/s1. The number of carbonyl (C=O) groups is 1. The molecule has 2 aromatic carbocycles. The van der Waals surface area contributed by atoms with Gasteiger partial charge in [0.2, 0.25) is 0 Å². The first-order valence-electron chi connectivity index (χ1n) is 9.82. The SMILES string of the molecule is CCCOc1ccccc1NC(=O)c1ccc2[nH]c3c(c2c1)C[C@@H](C)CC3. The Morgan fingerprint density at radius 1 is 1.26 bits per heavy atom. The van der Waals surface area contributed by atoms with E-state index in [9.17, 15) is 4.79 Å². The summed E-state index contributed by atoms with van der Waals surface area (Å²) >= 11 is 0. The molecule has 1 atom stereocenters. The van der Waals surface area contributed by atoms with Crippen LogP contribution in [0.25, 0.3) is 10.9 Å². The van der Waals surface area contributed by atoms with E-state index >= 15 is 0 Å². The third-order valence-electron chi connectivity index (χ3n) is 5.29. The van der Waals surface area contributed by atoms with Gasteiger partial charge in [0.05, 0.1) is 12.3 Å². The fraction of sp³-hybridized carbons (Fsp3) is 0.348. The molecule has 0 radical (unpaired) electrons. The number of H-pyrrole nitrogens is 1. The smallest absolute Gasteiger partial charge is 0.255 e. The second-order valence-electron chi connectivity index (χ2n) is 7.49. The highest BCUT2D eigenvalue weighted by Crippen LogP contribution is 2.32. The van der Waals surface area contributed by atoms with E-state index in [1.165, 1.54) is 23.1 Å². The predicted molar refractivity (Wildman–Crippen MR) is 110 cm³/mol. The number of aromatic amines is 1. The van der Waals surface area contributed by atoms with E-state index in [-0.39, 0.29) is 5.91 Å². The molecular formula is C23H26N2O2. The number of aromatic nitrogens is 1. The van der Waals surface area contributed by atoms with Crippen molar-refractivity contribution in [1.29, 1.82) is 0 Å². The molecular weight excluding hydrogens is 336 g/mol. The zero-order valence-electron chi connectivity index (χ0n) is 16.0. The number of anilines is 1. The number of fused-ring (bicyclic) bond motifs is 3. The Hall–Kier alpha value is -2.75. The lowest BCUT2D eigenvalue weighted by Gasteiger charge is -2.18. The number of hydrogen-bond acceptors (Lipinski definition) is 2. The van der Waals surface area contributed by atoms with Crippen molar-refractivity contribution in [3.8, 4) is 5.75 Å². The van der Waals surface area contributed by atoms with Crippen LogP contribution in [0.2, 0.25) is 0 Å². The van der Waals surface area contributed by atoms with Crippen LogP contribution in [0.15, 0.2) is 42.5 Å². The maximum Gasteiger partial charge on any atom is 0.255 e. The minimum Gasteiger partial charge on any atom is -0.491 e. The van der Waals surface area contributed by atoms with Crippen molar-refractivity contribution in [2.24, 2.45) is 5.92 Å². The summed E-state index contributed by atoms with van der Waals surface area (Å²) in [6.07, 6.45) is 4.32. The molecule has 0 aliphatic heterocycles. The van der Waals surface area contributed by atoms with Crippen molar-refractivity contribution in [2.45, 2.75) is 39.5 Å². The summed E-state index contributed by atoms with van der Waals surface area (Å²) in [6, 6.07) is 13.5. The third-order valence-corrected chi connectivity index (χ3v) is 5.29. The molecule has 1 aromatic heterocycles. The van der Waals surface area contributed by atoms with Gasteiger partial charge in [-0.2, -0.15) is 0 Å². The van der Waals surface area contributed by atoms with Crippen LogP contribution in [0, 0.1) is 5.92 Å². The molecule has 4 nitrogen and oxygen atoms in total. The van der Waals surface area contributed by atoms with E-state index < -0.39 is 0 Å². The minimum absolute atomic E-state index is 0.108. The second-order valence-corrected chi connectivity index (χ2v) is 7.49. The zero-order valence-corrected chi connectivity index (χ0v) is 16.0. The molecule has 1 aliphatic carbocycles. The number of aryl methyl sites for hydroxylation is 1. The maximum atomic E-state index is 12.9. The van der Waals surface area contributed by atoms with Crippen LogP contribution in [0.4, 0.5) is 5.69 Å². The Morgan fingerprint density at radius 3 is 2.96 bits per heavy atom. The number of para-hydroxylation sites is 2.